The number of carbonyl (C=O) groups excluding carboxylic acids is 2. The maximum absolute atomic E-state index is 12.4. The number of rotatable bonds is 1. The number of nitrogens with one attached hydrogen (secondary N) is 1. The van der Waals surface area contributed by atoms with E-state index in [1.807, 2.05) is 11.8 Å². The number of hydrogen-bond acceptors (Lipinski definition) is 3. The normalized spacial score (nSPS) is 37.1. The summed E-state index contributed by atoms with van der Waals surface area (Å²) in [7, 11) is 0. The third-order valence-corrected chi connectivity index (χ3v) is 5.12. The van der Waals surface area contributed by atoms with Gasteiger partial charge in [-0.1, -0.05) is 6.92 Å². The molecule has 0 aromatic carbocycles. The number of aliphatic hydroxyl groups excluding tert-OH is 1. The van der Waals surface area contributed by atoms with Crippen molar-refractivity contribution in [2.75, 3.05) is 19.6 Å². The van der Waals surface area contributed by atoms with Crippen molar-refractivity contribution in [1.82, 2.24) is 10.2 Å². The van der Waals surface area contributed by atoms with Gasteiger partial charge in [0.2, 0.25) is 11.8 Å². The number of nitrogens with zero attached hydrogens (tertiary/aromatic N) is 1. The molecule has 2 heterocycles. The molecule has 3 rings (SSSR count). The van der Waals surface area contributed by atoms with Crippen LogP contribution in [0.25, 0.3) is 0 Å². The molecule has 2 N–H and O–H groups in total. The van der Waals surface area contributed by atoms with E-state index in [2.05, 4.69) is 5.32 Å². The predicted molar refractivity (Wildman–Crippen MR) is 69.2 cm³/mol. The molecule has 3 fully saturated rings. The molecule has 2 aliphatic heterocycles. The molecule has 5 heteroatoms. The highest BCUT2D eigenvalue weighted by Crippen LogP contribution is 2.48. The van der Waals surface area contributed by atoms with Crippen LogP contribution in [0.15, 0.2) is 0 Å². The summed E-state index contributed by atoms with van der Waals surface area (Å²) < 4.78 is 0. The summed E-state index contributed by atoms with van der Waals surface area (Å²) >= 11 is 0. The van der Waals surface area contributed by atoms with E-state index in [9.17, 15) is 14.7 Å². The molecule has 0 aromatic heterocycles. The van der Waals surface area contributed by atoms with E-state index >= 15 is 0 Å². The van der Waals surface area contributed by atoms with Gasteiger partial charge < -0.3 is 15.3 Å². The second-order valence-electron chi connectivity index (χ2n) is 6.61. The van der Waals surface area contributed by atoms with Gasteiger partial charge in [-0.25, -0.2) is 0 Å². The fourth-order valence-corrected chi connectivity index (χ4v) is 3.40. The number of carbonyl (C=O) groups is 2. The van der Waals surface area contributed by atoms with Crippen molar-refractivity contribution in [1.29, 1.82) is 0 Å². The summed E-state index contributed by atoms with van der Waals surface area (Å²) in [5.74, 6) is 0.0850. The highest BCUT2D eigenvalue weighted by molar-refractivity contribution is 5.88. The van der Waals surface area contributed by atoms with Crippen molar-refractivity contribution in [3.05, 3.63) is 0 Å². The number of aliphatic hydroxyl groups is 1. The number of likely N-dealkylation sites (tertiary alicyclic amines) is 1. The van der Waals surface area contributed by atoms with Crippen LogP contribution in [0.1, 0.15) is 39.0 Å². The molecule has 106 valence electrons. The third-order valence-electron chi connectivity index (χ3n) is 5.12. The smallest absolute Gasteiger partial charge is 0.230 e. The lowest BCUT2D eigenvalue weighted by molar-refractivity contribution is -0.157. The number of hydrogen-bond donors (Lipinski definition) is 2. The van der Waals surface area contributed by atoms with E-state index in [-0.39, 0.29) is 17.2 Å². The zero-order valence-corrected chi connectivity index (χ0v) is 11.4. The Morgan fingerprint density at radius 2 is 2.16 bits per heavy atom. The van der Waals surface area contributed by atoms with Crippen molar-refractivity contribution >= 4 is 11.8 Å². The summed E-state index contributed by atoms with van der Waals surface area (Å²) in [4.78, 5) is 26.5. The molecule has 2 atom stereocenters. The minimum absolute atomic E-state index is 0.0790. The summed E-state index contributed by atoms with van der Waals surface area (Å²) in [6.07, 6.45) is 3.34. The average Bonchev–Trinajstić information content (AvgIpc) is 3.14. The zero-order valence-electron chi connectivity index (χ0n) is 11.4. The molecular formula is C14H22N2O3. The summed E-state index contributed by atoms with van der Waals surface area (Å²) in [6, 6.07) is 0. The van der Waals surface area contributed by atoms with Crippen LogP contribution in [-0.2, 0) is 9.59 Å². The average molecular weight is 266 g/mol. The van der Waals surface area contributed by atoms with Gasteiger partial charge in [0, 0.05) is 25.0 Å². The Morgan fingerprint density at radius 3 is 2.79 bits per heavy atom. The number of piperidine rings is 2. The van der Waals surface area contributed by atoms with Crippen LogP contribution >= 0.6 is 0 Å². The molecule has 1 spiro atoms. The van der Waals surface area contributed by atoms with Crippen LogP contribution in [-0.4, -0.2) is 47.6 Å². The molecule has 0 unspecified atom stereocenters. The van der Waals surface area contributed by atoms with Gasteiger partial charge in [0.15, 0.2) is 0 Å². The Bertz CT molecular complexity index is 419. The fourth-order valence-electron chi connectivity index (χ4n) is 3.40. The standard InChI is InChI=1S/C14H22N2O3/c1-13(5-6-13)12(19)16-8-3-10(17)14(9-16)4-2-7-15-11(14)18/h10,17H,2-9H2,1H3,(H,15,18)/t10-,14-/m1/s1. The topological polar surface area (TPSA) is 69.6 Å². The summed E-state index contributed by atoms with van der Waals surface area (Å²) in [6.45, 7) is 3.63. The van der Waals surface area contributed by atoms with Crippen molar-refractivity contribution in [3.8, 4) is 0 Å². The van der Waals surface area contributed by atoms with Gasteiger partial charge in [-0.05, 0) is 32.1 Å². The predicted octanol–water partition coefficient (Wildman–Crippen LogP) is 0.276. The van der Waals surface area contributed by atoms with E-state index in [0.29, 0.717) is 32.5 Å². The molecule has 1 saturated carbocycles. The van der Waals surface area contributed by atoms with Crippen LogP contribution < -0.4 is 5.32 Å². The SMILES string of the molecule is CC1(C(=O)N2CC[C@@H](O)[C@@]3(CCCNC3=O)C2)CC1. The first-order valence-corrected chi connectivity index (χ1v) is 7.24. The Hall–Kier alpha value is -1.10. The van der Waals surface area contributed by atoms with E-state index in [1.54, 1.807) is 0 Å². The van der Waals surface area contributed by atoms with Gasteiger partial charge in [-0.2, -0.15) is 0 Å². The molecule has 0 bridgehead atoms. The molecular weight excluding hydrogens is 244 g/mol. The second-order valence-corrected chi connectivity index (χ2v) is 6.61. The van der Waals surface area contributed by atoms with Crippen LogP contribution in [0.5, 0.6) is 0 Å². The molecule has 5 nitrogen and oxygen atoms in total. The quantitative estimate of drug-likeness (QED) is 0.716. The lowest BCUT2D eigenvalue weighted by Crippen LogP contribution is -2.62. The molecule has 0 radical (unpaired) electrons. The first kappa shape index (κ1) is 12.9. The largest absolute Gasteiger partial charge is 0.392 e. The van der Waals surface area contributed by atoms with E-state index in [4.69, 9.17) is 0 Å². The second kappa shape index (κ2) is 4.20. The Labute approximate surface area is 113 Å². The van der Waals surface area contributed by atoms with Gasteiger partial charge in [-0.3, -0.25) is 9.59 Å². The van der Waals surface area contributed by atoms with Crippen molar-refractivity contribution in [2.45, 2.75) is 45.1 Å². The third kappa shape index (κ3) is 1.95. The zero-order chi connectivity index (χ0) is 13.7. The van der Waals surface area contributed by atoms with Crippen LogP contribution in [0.2, 0.25) is 0 Å². The number of amides is 2. The molecule has 1 aliphatic carbocycles. The van der Waals surface area contributed by atoms with E-state index in [1.165, 1.54) is 0 Å². The minimum atomic E-state index is -0.766. The van der Waals surface area contributed by atoms with E-state index in [0.717, 1.165) is 19.3 Å². The lowest BCUT2D eigenvalue weighted by atomic mass is 9.71. The Kier molecular flexibility index (Phi) is 2.85. The Morgan fingerprint density at radius 1 is 1.42 bits per heavy atom. The maximum atomic E-state index is 12.4. The van der Waals surface area contributed by atoms with Crippen molar-refractivity contribution < 1.29 is 14.7 Å². The highest BCUT2D eigenvalue weighted by Gasteiger charge is 2.54. The van der Waals surface area contributed by atoms with Crippen LogP contribution in [0, 0.1) is 10.8 Å². The highest BCUT2D eigenvalue weighted by atomic mass is 16.3. The van der Waals surface area contributed by atoms with Gasteiger partial charge in [0.25, 0.3) is 0 Å². The summed E-state index contributed by atoms with van der Waals surface area (Å²) in [5, 5.41) is 13.1. The van der Waals surface area contributed by atoms with Crippen molar-refractivity contribution in [2.24, 2.45) is 10.8 Å². The molecule has 2 saturated heterocycles. The Balaban J connectivity index is 1.80. The van der Waals surface area contributed by atoms with Gasteiger partial charge in [-0.15, -0.1) is 0 Å². The first-order chi connectivity index (χ1) is 8.98. The summed E-state index contributed by atoms with van der Waals surface area (Å²) in [5.41, 5.74) is -0.966. The maximum Gasteiger partial charge on any atom is 0.230 e. The minimum Gasteiger partial charge on any atom is -0.392 e. The van der Waals surface area contributed by atoms with Gasteiger partial charge in [0.05, 0.1) is 11.5 Å². The first-order valence-electron chi connectivity index (χ1n) is 7.24. The van der Waals surface area contributed by atoms with Gasteiger partial charge >= 0.3 is 0 Å². The molecule has 0 aromatic rings. The van der Waals surface area contributed by atoms with Gasteiger partial charge in [0.1, 0.15) is 0 Å². The van der Waals surface area contributed by atoms with Crippen LogP contribution in [0.4, 0.5) is 0 Å². The molecule has 3 aliphatic rings. The van der Waals surface area contributed by atoms with Crippen LogP contribution in [0.3, 0.4) is 0 Å². The van der Waals surface area contributed by atoms with Crippen molar-refractivity contribution in [3.63, 3.8) is 0 Å². The lowest BCUT2D eigenvalue weighted by Gasteiger charge is -2.47. The molecule has 19 heavy (non-hydrogen) atoms. The van der Waals surface area contributed by atoms with E-state index < -0.39 is 11.5 Å². The molecule has 2 amide bonds. The monoisotopic (exact) mass is 266 g/mol. The fraction of sp³-hybridized carbons (Fsp3) is 0.857.